The van der Waals surface area contributed by atoms with Gasteiger partial charge < -0.3 is 10.6 Å². The Bertz CT molecular complexity index is 453. The molecule has 1 unspecified atom stereocenters. The highest BCUT2D eigenvalue weighted by Gasteiger charge is 2.14. The molecule has 3 nitrogen and oxygen atoms in total. The molecule has 1 atom stereocenters. The van der Waals surface area contributed by atoms with Gasteiger partial charge in [0.25, 0.3) is 0 Å². The zero-order chi connectivity index (χ0) is 13.0. The van der Waals surface area contributed by atoms with E-state index in [1.54, 1.807) is 0 Å². The van der Waals surface area contributed by atoms with Gasteiger partial charge in [-0.1, -0.05) is 6.92 Å². The Hall–Kier alpha value is -1.84. The summed E-state index contributed by atoms with van der Waals surface area (Å²) in [6.45, 7) is 2.98. The van der Waals surface area contributed by atoms with Crippen LogP contribution in [0.5, 0.6) is 0 Å². The SMILES string of the molecule is CCC1CCN/C(=C/C(=O)c2ccc(F)cc2)N1. The van der Waals surface area contributed by atoms with Crippen LogP contribution in [0, 0.1) is 5.82 Å². The first-order chi connectivity index (χ1) is 8.69. The molecule has 2 rings (SSSR count). The van der Waals surface area contributed by atoms with Crippen LogP contribution in [-0.4, -0.2) is 18.4 Å². The number of benzene rings is 1. The summed E-state index contributed by atoms with van der Waals surface area (Å²) in [6, 6.07) is 5.99. The number of allylic oxidation sites excluding steroid dienone is 1. The van der Waals surface area contributed by atoms with E-state index >= 15 is 0 Å². The van der Waals surface area contributed by atoms with Crippen LogP contribution in [0.15, 0.2) is 36.2 Å². The number of carbonyl (C=O) groups is 1. The standard InChI is InChI=1S/C14H17FN2O/c1-2-12-7-8-16-14(17-12)9-13(18)10-3-5-11(15)6-4-10/h3-6,9,12,16-17H,2,7-8H2,1H3/b14-9-. The Morgan fingerprint density at radius 3 is 2.83 bits per heavy atom. The Balaban J connectivity index is 2.07. The maximum Gasteiger partial charge on any atom is 0.189 e. The van der Waals surface area contributed by atoms with Crippen molar-refractivity contribution in [3.8, 4) is 0 Å². The fourth-order valence-corrected chi connectivity index (χ4v) is 1.95. The maximum atomic E-state index is 12.8. The molecule has 4 heteroatoms. The number of halogens is 1. The molecule has 2 N–H and O–H groups in total. The molecule has 1 aliphatic rings. The predicted molar refractivity (Wildman–Crippen MR) is 68.6 cm³/mol. The van der Waals surface area contributed by atoms with Gasteiger partial charge in [-0.05, 0) is 37.1 Å². The van der Waals surface area contributed by atoms with Gasteiger partial charge in [0.2, 0.25) is 0 Å². The van der Waals surface area contributed by atoms with E-state index in [1.165, 1.54) is 30.3 Å². The second-order valence-corrected chi connectivity index (χ2v) is 4.39. The van der Waals surface area contributed by atoms with Gasteiger partial charge in [0.1, 0.15) is 11.6 Å². The van der Waals surface area contributed by atoms with Gasteiger partial charge in [-0.15, -0.1) is 0 Å². The minimum Gasteiger partial charge on any atom is -0.372 e. The molecular weight excluding hydrogens is 231 g/mol. The van der Waals surface area contributed by atoms with Gasteiger partial charge in [0.05, 0.1) is 0 Å². The third-order valence-electron chi connectivity index (χ3n) is 3.06. The van der Waals surface area contributed by atoms with Crippen LogP contribution in [0.1, 0.15) is 30.1 Å². The summed E-state index contributed by atoms with van der Waals surface area (Å²) in [5.74, 6) is 0.295. The first-order valence-electron chi connectivity index (χ1n) is 6.21. The summed E-state index contributed by atoms with van der Waals surface area (Å²) in [4.78, 5) is 11.9. The maximum absolute atomic E-state index is 12.8. The third-order valence-corrected chi connectivity index (χ3v) is 3.06. The molecule has 1 aliphatic heterocycles. The van der Waals surface area contributed by atoms with E-state index in [1.807, 2.05) is 0 Å². The molecule has 0 aliphatic carbocycles. The first-order valence-corrected chi connectivity index (χ1v) is 6.21. The molecule has 96 valence electrons. The number of ketones is 1. The molecule has 0 saturated carbocycles. The van der Waals surface area contributed by atoms with Crippen molar-refractivity contribution in [1.82, 2.24) is 10.6 Å². The molecule has 1 heterocycles. The lowest BCUT2D eigenvalue weighted by Gasteiger charge is -2.27. The molecule has 0 bridgehead atoms. The van der Waals surface area contributed by atoms with Gasteiger partial charge in [0.15, 0.2) is 5.78 Å². The summed E-state index contributed by atoms with van der Waals surface area (Å²) in [6.07, 6.45) is 3.62. The van der Waals surface area contributed by atoms with Gasteiger partial charge in [-0.25, -0.2) is 4.39 Å². The van der Waals surface area contributed by atoms with Gasteiger partial charge in [-0.3, -0.25) is 4.79 Å². The number of rotatable bonds is 3. The number of nitrogens with one attached hydrogen (secondary N) is 2. The molecule has 0 radical (unpaired) electrons. The Morgan fingerprint density at radius 2 is 2.17 bits per heavy atom. The Kier molecular flexibility index (Phi) is 3.97. The number of hydrogen-bond acceptors (Lipinski definition) is 3. The largest absolute Gasteiger partial charge is 0.372 e. The molecule has 1 aromatic carbocycles. The highest BCUT2D eigenvalue weighted by Crippen LogP contribution is 2.08. The molecule has 1 saturated heterocycles. The van der Waals surface area contributed by atoms with Crippen LogP contribution < -0.4 is 10.6 Å². The predicted octanol–water partition coefficient (Wildman–Crippen LogP) is 2.21. The van der Waals surface area contributed by atoms with Crippen LogP contribution in [0.4, 0.5) is 4.39 Å². The summed E-state index contributed by atoms with van der Waals surface area (Å²) in [5, 5.41) is 6.42. The fourth-order valence-electron chi connectivity index (χ4n) is 1.95. The molecule has 1 aromatic rings. The molecule has 1 fully saturated rings. The van der Waals surface area contributed by atoms with Gasteiger partial charge in [0, 0.05) is 24.2 Å². The average Bonchev–Trinajstić information content (AvgIpc) is 2.39. The van der Waals surface area contributed by atoms with Crippen molar-refractivity contribution in [2.45, 2.75) is 25.8 Å². The molecule has 0 aromatic heterocycles. The van der Waals surface area contributed by atoms with Crippen molar-refractivity contribution < 1.29 is 9.18 Å². The first kappa shape index (κ1) is 12.6. The van der Waals surface area contributed by atoms with Crippen molar-refractivity contribution in [2.24, 2.45) is 0 Å². The summed E-state index contributed by atoms with van der Waals surface area (Å²) >= 11 is 0. The van der Waals surface area contributed by atoms with E-state index in [9.17, 15) is 9.18 Å². The topological polar surface area (TPSA) is 41.1 Å². The lowest BCUT2D eigenvalue weighted by Crippen LogP contribution is -2.42. The van der Waals surface area contributed by atoms with Crippen molar-refractivity contribution in [3.05, 3.63) is 47.5 Å². The zero-order valence-electron chi connectivity index (χ0n) is 10.4. The van der Waals surface area contributed by atoms with Crippen LogP contribution >= 0.6 is 0 Å². The third kappa shape index (κ3) is 3.09. The Labute approximate surface area is 106 Å². The summed E-state index contributed by atoms with van der Waals surface area (Å²) in [5.41, 5.74) is 0.492. The van der Waals surface area contributed by atoms with E-state index in [4.69, 9.17) is 0 Å². The van der Waals surface area contributed by atoms with Crippen LogP contribution in [0.3, 0.4) is 0 Å². The normalized spacial score (nSPS) is 21.2. The van der Waals surface area contributed by atoms with E-state index in [0.29, 0.717) is 11.6 Å². The van der Waals surface area contributed by atoms with Crippen LogP contribution in [0.2, 0.25) is 0 Å². The minimum absolute atomic E-state index is 0.123. The van der Waals surface area contributed by atoms with Crippen molar-refractivity contribution in [2.75, 3.05) is 6.54 Å². The van der Waals surface area contributed by atoms with E-state index < -0.39 is 0 Å². The fraction of sp³-hybridized carbons (Fsp3) is 0.357. The summed E-state index contributed by atoms with van der Waals surface area (Å²) in [7, 11) is 0. The quantitative estimate of drug-likeness (QED) is 0.636. The second kappa shape index (κ2) is 5.67. The monoisotopic (exact) mass is 248 g/mol. The molecular formula is C14H17FN2O. The van der Waals surface area contributed by atoms with Crippen molar-refractivity contribution in [1.29, 1.82) is 0 Å². The van der Waals surface area contributed by atoms with Crippen molar-refractivity contribution >= 4 is 5.78 Å². The van der Waals surface area contributed by atoms with E-state index in [2.05, 4.69) is 17.6 Å². The van der Waals surface area contributed by atoms with Crippen molar-refractivity contribution in [3.63, 3.8) is 0 Å². The van der Waals surface area contributed by atoms with E-state index in [-0.39, 0.29) is 11.6 Å². The molecule has 0 spiro atoms. The zero-order valence-corrected chi connectivity index (χ0v) is 10.4. The van der Waals surface area contributed by atoms with Crippen LogP contribution in [0.25, 0.3) is 0 Å². The smallest absolute Gasteiger partial charge is 0.189 e. The number of hydrogen-bond donors (Lipinski definition) is 2. The minimum atomic E-state index is -0.334. The van der Waals surface area contributed by atoms with Gasteiger partial charge in [-0.2, -0.15) is 0 Å². The highest BCUT2D eigenvalue weighted by molar-refractivity contribution is 6.04. The molecule has 18 heavy (non-hydrogen) atoms. The lowest BCUT2D eigenvalue weighted by molar-refractivity contribution is 0.104. The second-order valence-electron chi connectivity index (χ2n) is 4.39. The highest BCUT2D eigenvalue weighted by atomic mass is 19.1. The Morgan fingerprint density at radius 1 is 1.44 bits per heavy atom. The lowest BCUT2D eigenvalue weighted by atomic mass is 10.1. The summed E-state index contributed by atoms with van der Waals surface area (Å²) < 4.78 is 12.8. The van der Waals surface area contributed by atoms with Crippen LogP contribution in [-0.2, 0) is 0 Å². The molecule has 0 amide bonds. The van der Waals surface area contributed by atoms with Gasteiger partial charge >= 0.3 is 0 Å². The average molecular weight is 248 g/mol. The van der Waals surface area contributed by atoms with E-state index in [0.717, 1.165) is 25.2 Å². The number of carbonyl (C=O) groups excluding carboxylic acids is 1.